The quantitative estimate of drug-likeness (QED) is 0.716. The summed E-state index contributed by atoms with van der Waals surface area (Å²) in [6, 6.07) is 0.120. The average molecular weight is 393 g/mol. The van der Waals surface area contributed by atoms with E-state index in [1.54, 1.807) is 10.9 Å². The number of thiazole rings is 1. The van der Waals surface area contributed by atoms with E-state index in [9.17, 15) is 9.59 Å². The number of nitrogens with zero attached hydrogens (tertiary/aromatic N) is 4. The van der Waals surface area contributed by atoms with Crippen molar-refractivity contribution in [2.24, 2.45) is 5.92 Å². The molecule has 3 rings (SSSR count). The molecule has 1 aromatic rings. The Morgan fingerprint density at radius 2 is 2.04 bits per heavy atom. The Hall–Kier alpha value is -1.47. The second-order valence-electron chi connectivity index (χ2n) is 8.01. The van der Waals surface area contributed by atoms with Crippen molar-refractivity contribution in [2.45, 2.75) is 52.0 Å². The number of likely N-dealkylation sites (tertiary alicyclic amines) is 2. The predicted molar refractivity (Wildman–Crippen MR) is 108 cm³/mol. The van der Waals surface area contributed by atoms with Gasteiger partial charge in [0, 0.05) is 37.0 Å². The molecule has 7 heteroatoms. The summed E-state index contributed by atoms with van der Waals surface area (Å²) < 4.78 is 0. The van der Waals surface area contributed by atoms with Crippen LogP contribution in [0.15, 0.2) is 10.9 Å². The summed E-state index contributed by atoms with van der Waals surface area (Å²) in [7, 11) is 0. The Bertz CT molecular complexity index is 614. The fourth-order valence-corrected chi connectivity index (χ4v) is 4.67. The van der Waals surface area contributed by atoms with E-state index in [2.05, 4.69) is 14.8 Å². The van der Waals surface area contributed by atoms with Gasteiger partial charge >= 0.3 is 0 Å². The monoisotopic (exact) mass is 392 g/mol. The lowest BCUT2D eigenvalue weighted by molar-refractivity contribution is -0.138. The minimum atomic E-state index is -0.0126. The van der Waals surface area contributed by atoms with Crippen LogP contribution >= 0.6 is 11.3 Å². The van der Waals surface area contributed by atoms with E-state index in [0.717, 1.165) is 38.9 Å². The fraction of sp³-hybridized carbons (Fsp3) is 0.750. The third kappa shape index (κ3) is 5.29. The number of hydrogen-bond acceptors (Lipinski definition) is 5. The van der Waals surface area contributed by atoms with Crippen molar-refractivity contribution in [1.29, 1.82) is 0 Å². The molecule has 0 aliphatic carbocycles. The van der Waals surface area contributed by atoms with Crippen LogP contribution in [0.2, 0.25) is 0 Å². The van der Waals surface area contributed by atoms with Gasteiger partial charge in [0.25, 0.3) is 5.91 Å². The number of rotatable bonds is 7. The summed E-state index contributed by atoms with van der Waals surface area (Å²) in [4.78, 5) is 36.1. The summed E-state index contributed by atoms with van der Waals surface area (Å²) in [6.45, 7) is 9.55. The molecular formula is C20H32N4O2S. The molecule has 0 saturated carbocycles. The standard InChI is InChI=1S/C20H32N4O2S/c1-16(2)19(25)24(12-6-10-22-8-3-4-9-22)17-7-5-11-23(13-17)20(26)18-14-27-15-21-18/h14-17H,3-13H2,1-2H3/t17-/m0/s1. The first-order valence-electron chi connectivity index (χ1n) is 10.3. The minimum Gasteiger partial charge on any atom is -0.338 e. The van der Waals surface area contributed by atoms with E-state index in [1.807, 2.05) is 18.7 Å². The molecule has 2 aliphatic heterocycles. The molecule has 0 bridgehead atoms. The zero-order valence-corrected chi connectivity index (χ0v) is 17.4. The second kappa shape index (κ2) is 9.64. The van der Waals surface area contributed by atoms with E-state index in [1.165, 1.54) is 37.3 Å². The highest BCUT2D eigenvalue weighted by Gasteiger charge is 2.32. The number of carbonyl (C=O) groups excluding carboxylic acids is 2. The maximum atomic E-state index is 12.9. The molecule has 0 N–H and O–H groups in total. The molecule has 0 radical (unpaired) electrons. The lowest BCUT2D eigenvalue weighted by atomic mass is 10.0. The molecule has 2 amide bonds. The molecule has 2 aliphatic rings. The zero-order chi connectivity index (χ0) is 19.2. The highest BCUT2D eigenvalue weighted by molar-refractivity contribution is 7.07. The number of hydrogen-bond donors (Lipinski definition) is 0. The van der Waals surface area contributed by atoms with Crippen LogP contribution in [0, 0.1) is 5.92 Å². The fourth-order valence-electron chi connectivity index (χ4n) is 4.15. The normalized spacial score (nSPS) is 21.0. The van der Waals surface area contributed by atoms with Gasteiger partial charge in [-0.3, -0.25) is 9.59 Å². The van der Waals surface area contributed by atoms with Gasteiger partial charge in [-0.15, -0.1) is 11.3 Å². The Labute approximate surface area is 166 Å². The van der Waals surface area contributed by atoms with Gasteiger partial charge in [-0.2, -0.15) is 0 Å². The van der Waals surface area contributed by atoms with Crippen molar-refractivity contribution in [3.05, 3.63) is 16.6 Å². The molecule has 0 spiro atoms. The van der Waals surface area contributed by atoms with Crippen molar-refractivity contribution in [2.75, 3.05) is 39.3 Å². The van der Waals surface area contributed by atoms with Crippen molar-refractivity contribution in [1.82, 2.24) is 19.7 Å². The smallest absolute Gasteiger partial charge is 0.273 e. The molecule has 0 unspecified atom stereocenters. The molecule has 3 heterocycles. The molecule has 2 fully saturated rings. The van der Waals surface area contributed by atoms with Crippen molar-refractivity contribution < 1.29 is 9.59 Å². The molecule has 1 aromatic heterocycles. The molecule has 1 atom stereocenters. The van der Waals surface area contributed by atoms with Gasteiger partial charge in [-0.1, -0.05) is 13.8 Å². The van der Waals surface area contributed by atoms with Crippen LogP contribution in [-0.4, -0.2) is 76.8 Å². The molecule has 0 aromatic carbocycles. The van der Waals surface area contributed by atoms with Crippen LogP contribution in [0.5, 0.6) is 0 Å². The van der Waals surface area contributed by atoms with Gasteiger partial charge in [-0.05, 0) is 51.7 Å². The SMILES string of the molecule is CC(C)C(=O)N(CCCN1CCCC1)[C@H]1CCCN(C(=O)c2cscn2)C1. The van der Waals surface area contributed by atoms with E-state index in [0.29, 0.717) is 12.2 Å². The highest BCUT2D eigenvalue weighted by atomic mass is 32.1. The summed E-state index contributed by atoms with van der Waals surface area (Å²) >= 11 is 1.44. The Kier molecular flexibility index (Phi) is 7.24. The van der Waals surface area contributed by atoms with Gasteiger partial charge in [0.15, 0.2) is 0 Å². The average Bonchev–Trinajstić information content (AvgIpc) is 3.38. The van der Waals surface area contributed by atoms with Crippen LogP contribution in [0.3, 0.4) is 0 Å². The van der Waals surface area contributed by atoms with Gasteiger partial charge in [-0.25, -0.2) is 4.98 Å². The van der Waals surface area contributed by atoms with Gasteiger partial charge < -0.3 is 14.7 Å². The zero-order valence-electron chi connectivity index (χ0n) is 16.6. The second-order valence-corrected chi connectivity index (χ2v) is 8.73. The van der Waals surface area contributed by atoms with Crippen molar-refractivity contribution in [3.63, 3.8) is 0 Å². The molecule has 2 saturated heterocycles. The molecular weight excluding hydrogens is 360 g/mol. The third-order valence-corrected chi connectivity index (χ3v) is 6.21. The highest BCUT2D eigenvalue weighted by Crippen LogP contribution is 2.21. The number of amides is 2. The van der Waals surface area contributed by atoms with Gasteiger partial charge in [0.2, 0.25) is 5.91 Å². The first kappa shape index (κ1) is 20.3. The largest absolute Gasteiger partial charge is 0.338 e. The topological polar surface area (TPSA) is 56.8 Å². The first-order chi connectivity index (χ1) is 13.1. The van der Waals surface area contributed by atoms with E-state index < -0.39 is 0 Å². The number of aromatic nitrogens is 1. The van der Waals surface area contributed by atoms with Gasteiger partial charge in [0.1, 0.15) is 5.69 Å². The van der Waals surface area contributed by atoms with Crippen LogP contribution < -0.4 is 0 Å². The third-order valence-electron chi connectivity index (χ3n) is 5.62. The number of piperidine rings is 1. The van der Waals surface area contributed by atoms with E-state index >= 15 is 0 Å². The maximum Gasteiger partial charge on any atom is 0.273 e. The molecule has 27 heavy (non-hydrogen) atoms. The summed E-state index contributed by atoms with van der Waals surface area (Å²) in [5, 5.41) is 1.80. The Morgan fingerprint density at radius 3 is 2.70 bits per heavy atom. The summed E-state index contributed by atoms with van der Waals surface area (Å²) in [5.41, 5.74) is 2.22. The lowest BCUT2D eigenvalue weighted by Gasteiger charge is -2.40. The first-order valence-corrected chi connectivity index (χ1v) is 11.2. The van der Waals surface area contributed by atoms with Crippen LogP contribution in [0.1, 0.15) is 56.4 Å². The molecule has 6 nitrogen and oxygen atoms in total. The Morgan fingerprint density at radius 1 is 1.26 bits per heavy atom. The van der Waals surface area contributed by atoms with Gasteiger partial charge in [0.05, 0.1) is 5.51 Å². The maximum absolute atomic E-state index is 12.9. The van der Waals surface area contributed by atoms with Crippen molar-refractivity contribution in [3.8, 4) is 0 Å². The van der Waals surface area contributed by atoms with E-state index in [-0.39, 0.29) is 23.8 Å². The van der Waals surface area contributed by atoms with E-state index in [4.69, 9.17) is 0 Å². The number of carbonyl (C=O) groups is 2. The van der Waals surface area contributed by atoms with Crippen molar-refractivity contribution >= 4 is 23.2 Å². The van der Waals surface area contributed by atoms with Crippen LogP contribution in [0.25, 0.3) is 0 Å². The predicted octanol–water partition coefficient (Wildman–Crippen LogP) is 2.72. The summed E-state index contributed by atoms with van der Waals surface area (Å²) in [5.74, 6) is 0.195. The summed E-state index contributed by atoms with van der Waals surface area (Å²) in [6.07, 6.45) is 5.52. The lowest BCUT2D eigenvalue weighted by Crippen LogP contribution is -2.53. The van der Waals surface area contributed by atoms with Crippen LogP contribution in [-0.2, 0) is 4.79 Å². The van der Waals surface area contributed by atoms with Crippen LogP contribution in [0.4, 0.5) is 0 Å². The molecule has 150 valence electrons. The minimum absolute atomic E-state index is 0.00466. The Balaban J connectivity index is 1.61.